The number of carbonyl (C=O) groups is 1. The molecular formula is C36H42FN3O2. The van der Waals surface area contributed by atoms with E-state index in [1.807, 2.05) is 26.0 Å². The maximum Gasteiger partial charge on any atom is 0.335 e. The maximum absolute atomic E-state index is 13.6. The molecule has 0 fully saturated rings. The summed E-state index contributed by atoms with van der Waals surface area (Å²) in [6.07, 6.45) is 13.9. The average Bonchev–Trinajstić information content (AvgIpc) is 3.36. The van der Waals surface area contributed by atoms with Crippen molar-refractivity contribution in [3.05, 3.63) is 130 Å². The van der Waals surface area contributed by atoms with Gasteiger partial charge in [-0.05, 0) is 81.0 Å². The van der Waals surface area contributed by atoms with E-state index in [1.54, 1.807) is 18.2 Å². The SMILES string of the molecule is CC=C(C(=C\CC)/C=C(\C=C/C)C(=O)O)N(CCc1ccc(F)cc1)/C(=C\C)CN1CCc2c([nH]c3ccccc23)C1. The van der Waals surface area contributed by atoms with Gasteiger partial charge >= 0.3 is 5.97 Å². The molecule has 1 aliphatic heterocycles. The molecule has 3 aromatic rings. The molecule has 2 aromatic carbocycles. The normalized spacial score (nSPS) is 15.5. The Kier molecular flexibility index (Phi) is 10.7. The van der Waals surface area contributed by atoms with Crippen LogP contribution in [0.2, 0.25) is 0 Å². The van der Waals surface area contributed by atoms with Gasteiger partial charge in [-0.25, -0.2) is 9.18 Å². The van der Waals surface area contributed by atoms with Crippen molar-refractivity contribution in [3.63, 3.8) is 0 Å². The van der Waals surface area contributed by atoms with Crippen LogP contribution in [-0.2, 0) is 24.2 Å². The number of allylic oxidation sites excluding steroid dienone is 5. The van der Waals surface area contributed by atoms with Gasteiger partial charge in [0.1, 0.15) is 5.82 Å². The number of hydrogen-bond acceptors (Lipinski definition) is 3. The number of nitrogens with zero attached hydrogens (tertiary/aromatic N) is 2. The van der Waals surface area contributed by atoms with Crippen LogP contribution in [0.25, 0.3) is 10.9 Å². The zero-order valence-electron chi connectivity index (χ0n) is 25.2. The van der Waals surface area contributed by atoms with Crippen molar-refractivity contribution in [3.8, 4) is 0 Å². The minimum absolute atomic E-state index is 0.236. The molecule has 0 radical (unpaired) electrons. The van der Waals surface area contributed by atoms with Crippen molar-refractivity contribution in [2.45, 2.75) is 53.5 Å². The van der Waals surface area contributed by atoms with Crippen LogP contribution < -0.4 is 0 Å². The zero-order chi connectivity index (χ0) is 30.1. The van der Waals surface area contributed by atoms with Crippen molar-refractivity contribution < 1.29 is 14.3 Å². The Morgan fingerprint density at radius 3 is 2.50 bits per heavy atom. The number of benzene rings is 2. The quantitative estimate of drug-likeness (QED) is 0.172. The monoisotopic (exact) mass is 567 g/mol. The van der Waals surface area contributed by atoms with E-state index in [4.69, 9.17) is 0 Å². The van der Waals surface area contributed by atoms with E-state index in [0.29, 0.717) is 13.0 Å². The minimum Gasteiger partial charge on any atom is -0.478 e. The molecule has 4 rings (SSSR count). The first-order chi connectivity index (χ1) is 20.4. The van der Waals surface area contributed by atoms with Crippen LogP contribution in [0.4, 0.5) is 4.39 Å². The lowest BCUT2D eigenvalue weighted by Crippen LogP contribution is -2.37. The number of nitrogens with one attached hydrogen (secondary N) is 1. The number of fused-ring (bicyclic) bond motifs is 3. The van der Waals surface area contributed by atoms with Crippen molar-refractivity contribution in [2.75, 3.05) is 19.6 Å². The second kappa shape index (κ2) is 14.6. The topological polar surface area (TPSA) is 59.6 Å². The van der Waals surface area contributed by atoms with E-state index in [2.05, 4.69) is 71.1 Å². The lowest BCUT2D eigenvalue weighted by Gasteiger charge is -2.35. The highest BCUT2D eigenvalue weighted by Gasteiger charge is 2.24. The van der Waals surface area contributed by atoms with Crippen molar-refractivity contribution in [1.29, 1.82) is 0 Å². The fourth-order valence-electron chi connectivity index (χ4n) is 5.72. The Morgan fingerprint density at radius 2 is 1.83 bits per heavy atom. The van der Waals surface area contributed by atoms with Crippen LogP contribution in [0.5, 0.6) is 0 Å². The van der Waals surface area contributed by atoms with Gasteiger partial charge in [0.15, 0.2) is 0 Å². The van der Waals surface area contributed by atoms with Crippen LogP contribution in [0.3, 0.4) is 0 Å². The number of rotatable bonds is 12. The molecule has 1 aliphatic rings. The lowest BCUT2D eigenvalue weighted by molar-refractivity contribution is -0.132. The minimum atomic E-state index is -0.961. The molecule has 0 saturated carbocycles. The first-order valence-electron chi connectivity index (χ1n) is 14.8. The van der Waals surface area contributed by atoms with Crippen LogP contribution in [0, 0.1) is 5.82 Å². The second-order valence-electron chi connectivity index (χ2n) is 10.5. The zero-order valence-corrected chi connectivity index (χ0v) is 25.2. The standard InChI is InChI=1S/C36H42FN3O2/c1-5-11-27(23-28(12-6-2)36(41)42)35(8-4)40(22-19-26-15-17-29(37)18-16-26)30(7-3)24-39-21-20-32-31-13-9-10-14-33(31)38-34(32)25-39/h6-18,23,38H,5,19-22,24-25H2,1-4H3,(H,41,42)/b12-6-,27-11-,28-23+,30-7-,35-8?. The number of aromatic nitrogens is 1. The first-order valence-corrected chi connectivity index (χ1v) is 14.8. The number of carboxylic acids is 1. The van der Waals surface area contributed by atoms with E-state index in [9.17, 15) is 14.3 Å². The Morgan fingerprint density at radius 1 is 1.07 bits per heavy atom. The molecule has 2 N–H and O–H groups in total. The van der Waals surface area contributed by atoms with Crippen LogP contribution >= 0.6 is 0 Å². The van der Waals surface area contributed by atoms with Crippen molar-refractivity contribution in [2.24, 2.45) is 0 Å². The Balaban J connectivity index is 1.66. The third-order valence-electron chi connectivity index (χ3n) is 7.75. The highest BCUT2D eigenvalue weighted by Crippen LogP contribution is 2.30. The number of para-hydroxylation sites is 1. The lowest BCUT2D eigenvalue weighted by atomic mass is 10.0. The molecule has 0 bridgehead atoms. The van der Waals surface area contributed by atoms with Gasteiger partial charge in [-0.1, -0.05) is 67.6 Å². The van der Waals surface area contributed by atoms with E-state index in [1.165, 1.54) is 34.3 Å². The molecule has 0 unspecified atom stereocenters. The summed E-state index contributed by atoms with van der Waals surface area (Å²) in [5.41, 5.74) is 8.12. The molecule has 0 amide bonds. The molecule has 220 valence electrons. The van der Waals surface area contributed by atoms with Crippen LogP contribution in [0.15, 0.2) is 108 Å². The maximum atomic E-state index is 13.6. The molecule has 0 saturated heterocycles. The number of halogens is 1. The fourth-order valence-corrected chi connectivity index (χ4v) is 5.72. The predicted molar refractivity (Wildman–Crippen MR) is 171 cm³/mol. The molecule has 0 aliphatic carbocycles. The van der Waals surface area contributed by atoms with Gasteiger partial charge in [-0.15, -0.1) is 0 Å². The Bertz CT molecular complexity index is 1540. The van der Waals surface area contributed by atoms with Gasteiger partial charge in [0.05, 0.1) is 5.57 Å². The summed E-state index contributed by atoms with van der Waals surface area (Å²) in [5.74, 6) is -1.21. The number of aliphatic carboxylic acids is 1. The van der Waals surface area contributed by atoms with Gasteiger partial charge in [-0.3, -0.25) is 4.90 Å². The molecule has 6 heteroatoms. The number of hydrogen-bond donors (Lipinski definition) is 2. The summed E-state index contributed by atoms with van der Waals surface area (Å²) in [5, 5.41) is 11.2. The fraction of sp³-hybridized carbons (Fsp3) is 0.306. The molecule has 1 aromatic heterocycles. The third kappa shape index (κ3) is 7.37. The van der Waals surface area contributed by atoms with Crippen molar-refractivity contribution in [1.82, 2.24) is 14.8 Å². The van der Waals surface area contributed by atoms with E-state index in [-0.39, 0.29) is 11.4 Å². The van der Waals surface area contributed by atoms with Gasteiger partial charge in [0.2, 0.25) is 0 Å². The Hall–Kier alpha value is -4.16. The highest BCUT2D eigenvalue weighted by atomic mass is 19.1. The highest BCUT2D eigenvalue weighted by molar-refractivity contribution is 5.90. The third-order valence-corrected chi connectivity index (χ3v) is 7.75. The summed E-state index contributed by atoms with van der Waals surface area (Å²) < 4.78 is 13.6. The summed E-state index contributed by atoms with van der Waals surface area (Å²) in [4.78, 5) is 20.4. The van der Waals surface area contributed by atoms with Gasteiger partial charge < -0.3 is 15.0 Å². The number of H-pyrrole nitrogens is 1. The summed E-state index contributed by atoms with van der Waals surface area (Å²) >= 11 is 0. The summed E-state index contributed by atoms with van der Waals surface area (Å²) in [6, 6.07) is 15.2. The first kappa shape index (κ1) is 30.8. The van der Waals surface area contributed by atoms with Crippen molar-refractivity contribution >= 4 is 16.9 Å². The second-order valence-corrected chi connectivity index (χ2v) is 10.5. The van der Waals surface area contributed by atoms with Gasteiger partial charge in [-0.2, -0.15) is 0 Å². The summed E-state index contributed by atoms with van der Waals surface area (Å²) in [7, 11) is 0. The predicted octanol–water partition coefficient (Wildman–Crippen LogP) is 7.94. The van der Waals surface area contributed by atoms with E-state index in [0.717, 1.165) is 55.0 Å². The van der Waals surface area contributed by atoms with Crippen LogP contribution in [0.1, 0.15) is 50.9 Å². The molecule has 0 atom stereocenters. The molecule has 2 heterocycles. The van der Waals surface area contributed by atoms with Gasteiger partial charge in [0.25, 0.3) is 0 Å². The smallest absolute Gasteiger partial charge is 0.335 e. The molecular weight excluding hydrogens is 525 g/mol. The molecule has 0 spiro atoms. The molecule has 42 heavy (non-hydrogen) atoms. The van der Waals surface area contributed by atoms with Gasteiger partial charge in [0, 0.05) is 54.2 Å². The number of carboxylic acid groups (broad SMARTS) is 1. The van der Waals surface area contributed by atoms with Crippen LogP contribution in [-0.4, -0.2) is 45.5 Å². The largest absolute Gasteiger partial charge is 0.478 e. The molecule has 5 nitrogen and oxygen atoms in total. The Labute approximate surface area is 249 Å². The number of aromatic amines is 1. The summed E-state index contributed by atoms with van der Waals surface area (Å²) in [6.45, 7) is 11.1. The van der Waals surface area contributed by atoms with E-state index >= 15 is 0 Å². The van der Waals surface area contributed by atoms with E-state index < -0.39 is 5.97 Å². The average molecular weight is 568 g/mol.